The molecule has 0 amide bonds. The summed E-state index contributed by atoms with van der Waals surface area (Å²) in [6.07, 6.45) is 2.62. The lowest BCUT2D eigenvalue weighted by Gasteiger charge is -2.15. The van der Waals surface area contributed by atoms with Crippen molar-refractivity contribution in [2.24, 2.45) is 0 Å². The van der Waals surface area contributed by atoms with Crippen molar-refractivity contribution < 1.29 is 13.2 Å². The minimum Gasteiger partial charge on any atom is -0.490 e. The van der Waals surface area contributed by atoms with Crippen LogP contribution in [0.15, 0.2) is 53.4 Å². The van der Waals surface area contributed by atoms with Gasteiger partial charge in [-0.1, -0.05) is 49.7 Å². The van der Waals surface area contributed by atoms with Crippen LogP contribution in [0, 0.1) is 0 Å². The molecule has 134 valence electrons. The summed E-state index contributed by atoms with van der Waals surface area (Å²) in [6, 6.07) is 14.8. The standard InChI is InChI=1S/C19H24N2O3S/c1-2-3-12-20-17-10-7-11-18-19(17)25(22,23)21-16(14-24-18)13-15-8-5-4-6-9-15/h4-11,16,20-21H,2-3,12-14H2,1H3/t16-/m0/s1. The maximum Gasteiger partial charge on any atom is 0.246 e. The molecule has 1 aliphatic rings. The fourth-order valence-corrected chi connectivity index (χ4v) is 4.48. The molecule has 0 saturated carbocycles. The van der Waals surface area contributed by atoms with Gasteiger partial charge in [-0.3, -0.25) is 0 Å². The first kappa shape index (κ1) is 17.8. The molecular weight excluding hydrogens is 336 g/mol. The van der Waals surface area contributed by atoms with E-state index in [1.165, 1.54) is 0 Å². The number of unbranched alkanes of at least 4 members (excludes halogenated alkanes) is 1. The topological polar surface area (TPSA) is 67.4 Å². The predicted octanol–water partition coefficient (Wildman–Crippen LogP) is 3.18. The molecule has 2 N–H and O–H groups in total. The zero-order chi connectivity index (χ0) is 17.7. The number of benzene rings is 2. The van der Waals surface area contributed by atoms with E-state index in [0.717, 1.165) is 24.9 Å². The minimum atomic E-state index is -3.65. The zero-order valence-electron chi connectivity index (χ0n) is 14.4. The Labute approximate surface area is 149 Å². The average molecular weight is 360 g/mol. The summed E-state index contributed by atoms with van der Waals surface area (Å²) >= 11 is 0. The van der Waals surface area contributed by atoms with Crippen LogP contribution >= 0.6 is 0 Å². The van der Waals surface area contributed by atoms with Crippen molar-refractivity contribution in [3.8, 4) is 5.75 Å². The van der Waals surface area contributed by atoms with Gasteiger partial charge in [0.05, 0.1) is 11.7 Å². The molecule has 0 spiro atoms. The normalized spacial score (nSPS) is 18.7. The second kappa shape index (κ2) is 7.89. The predicted molar refractivity (Wildman–Crippen MR) is 99.6 cm³/mol. The molecule has 25 heavy (non-hydrogen) atoms. The van der Waals surface area contributed by atoms with Gasteiger partial charge in [-0.15, -0.1) is 0 Å². The highest BCUT2D eigenvalue weighted by Gasteiger charge is 2.30. The Bertz CT molecular complexity index is 807. The van der Waals surface area contributed by atoms with Gasteiger partial charge in [0.1, 0.15) is 17.3 Å². The van der Waals surface area contributed by atoms with E-state index in [1.807, 2.05) is 36.4 Å². The first-order valence-corrected chi connectivity index (χ1v) is 10.1. The number of rotatable bonds is 6. The summed E-state index contributed by atoms with van der Waals surface area (Å²) in [5.41, 5.74) is 1.67. The fraction of sp³-hybridized carbons (Fsp3) is 0.368. The van der Waals surface area contributed by atoms with Gasteiger partial charge in [-0.25, -0.2) is 13.1 Å². The summed E-state index contributed by atoms with van der Waals surface area (Å²) in [4.78, 5) is 0.210. The summed E-state index contributed by atoms with van der Waals surface area (Å²) in [7, 11) is -3.65. The summed E-state index contributed by atoms with van der Waals surface area (Å²) < 4.78 is 34.5. The van der Waals surface area contributed by atoms with Crippen molar-refractivity contribution in [1.29, 1.82) is 0 Å². The van der Waals surface area contributed by atoms with Crippen LogP contribution in [-0.2, 0) is 16.4 Å². The van der Waals surface area contributed by atoms with Gasteiger partial charge < -0.3 is 10.1 Å². The molecular formula is C19H24N2O3S. The van der Waals surface area contributed by atoms with Crippen LogP contribution in [0.5, 0.6) is 5.75 Å². The Kier molecular flexibility index (Phi) is 5.60. The van der Waals surface area contributed by atoms with E-state index in [-0.39, 0.29) is 10.9 Å². The van der Waals surface area contributed by atoms with Crippen molar-refractivity contribution in [1.82, 2.24) is 4.72 Å². The number of fused-ring (bicyclic) bond motifs is 1. The highest BCUT2D eigenvalue weighted by Crippen LogP contribution is 2.33. The Hall–Kier alpha value is -2.05. The van der Waals surface area contributed by atoms with E-state index in [4.69, 9.17) is 4.74 Å². The quantitative estimate of drug-likeness (QED) is 0.777. The van der Waals surface area contributed by atoms with Crippen LogP contribution in [0.2, 0.25) is 0 Å². The van der Waals surface area contributed by atoms with Gasteiger partial charge >= 0.3 is 0 Å². The van der Waals surface area contributed by atoms with Gasteiger partial charge in [0.15, 0.2) is 0 Å². The Morgan fingerprint density at radius 2 is 1.96 bits per heavy atom. The molecule has 1 aliphatic heterocycles. The molecule has 0 radical (unpaired) electrons. The first-order valence-electron chi connectivity index (χ1n) is 8.66. The smallest absolute Gasteiger partial charge is 0.246 e. The molecule has 0 aromatic heterocycles. The highest BCUT2D eigenvalue weighted by molar-refractivity contribution is 7.89. The van der Waals surface area contributed by atoms with Crippen molar-refractivity contribution in [3.05, 3.63) is 54.1 Å². The molecule has 2 aromatic rings. The Morgan fingerprint density at radius 1 is 1.16 bits per heavy atom. The van der Waals surface area contributed by atoms with E-state index < -0.39 is 10.0 Å². The van der Waals surface area contributed by atoms with E-state index in [2.05, 4.69) is 17.0 Å². The molecule has 1 heterocycles. The summed E-state index contributed by atoms with van der Waals surface area (Å²) in [6.45, 7) is 3.14. The van der Waals surface area contributed by atoms with Gasteiger partial charge in [-0.05, 0) is 30.5 Å². The SMILES string of the molecule is CCCCNc1cccc2c1S(=O)(=O)N[C@@H](Cc1ccccc1)CO2. The van der Waals surface area contributed by atoms with Crippen LogP contribution in [0.3, 0.4) is 0 Å². The zero-order valence-corrected chi connectivity index (χ0v) is 15.2. The maximum atomic E-state index is 12.9. The second-order valence-corrected chi connectivity index (χ2v) is 7.88. The lowest BCUT2D eigenvalue weighted by molar-refractivity contribution is 0.279. The molecule has 3 rings (SSSR count). The van der Waals surface area contributed by atoms with E-state index >= 15 is 0 Å². The van der Waals surface area contributed by atoms with Gasteiger partial charge in [0, 0.05) is 6.54 Å². The Balaban J connectivity index is 1.84. The van der Waals surface area contributed by atoms with Crippen molar-refractivity contribution >= 4 is 15.7 Å². The Morgan fingerprint density at radius 3 is 2.72 bits per heavy atom. The second-order valence-electron chi connectivity index (χ2n) is 6.23. The number of hydrogen-bond acceptors (Lipinski definition) is 4. The molecule has 6 heteroatoms. The molecule has 0 aliphatic carbocycles. The van der Waals surface area contributed by atoms with Crippen molar-refractivity contribution in [2.75, 3.05) is 18.5 Å². The number of anilines is 1. The summed E-state index contributed by atoms with van der Waals surface area (Å²) in [5, 5.41) is 3.22. The number of nitrogens with one attached hydrogen (secondary N) is 2. The summed E-state index contributed by atoms with van der Waals surface area (Å²) in [5.74, 6) is 0.407. The lowest BCUT2D eigenvalue weighted by atomic mass is 10.1. The van der Waals surface area contributed by atoms with Crippen LogP contribution < -0.4 is 14.8 Å². The van der Waals surface area contributed by atoms with E-state index in [0.29, 0.717) is 24.5 Å². The lowest BCUT2D eigenvalue weighted by Crippen LogP contribution is -2.38. The van der Waals surface area contributed by atoms with Crippen LogP contribution in [0.1, 0.15) is 25.3 Å². The van der Waals surface area contributed by atoms with Crippen molar-refractivity contribution in [2.45, 2.75) is 37.1 Å². The third kappa shape index (κ3) is 4.32. The van der Waals surface area contributed by atoms with Crippen LogP contribution in [0.25, 0.3) is 0 Å². The fourth-order valence-electron chi connectivity index (χ4n) is 2.95. The van der Waals surface area contributed by atoms with Crippen LogP contribution in [-0.4, -0.2) is 27.6 Å². The minimum absolute atomic E-state index is 0.210. The number of ether oxygens (including phenoxy) is 1. The van der Waals surface area contributed by atoms with Crippen LogP contribution in [0.4, 0.5) is 5.69 Å². The molecule has 5 nitrogen and oxygen atoms in total. The van der Waals surface area contributed by atoms with Gasteiger partial charge in [-0.2, -0.15) is 0 Å². The first-order chi connectivity index (χ1) is 12.1. The third-order valence-electron chi connectivity index (χ3n) is 4.18. The maximum absolute atomic E-state index is 12.9. The number of hydrogen-bond donors (Lipinski definition) is 2. The molecule has 0 fully saturated rings. The van der Waals surface area contributed by atoms with E-state index in [1.54, 1.807) is 12.1 Å². The average Bonchev–Trinajstić information content (AvgIpc) is 2.72. The molecule has 0 saturated heterocycles. The highest BCUT2D eigenvalue weighted by atomic mass is 32.2. The largest absolute Gasteiger partial charge is 0.490 e. The monoisotopic (exact) mass is 360 g/mol. The van der Waals surface area contributed by atoms with Gasteiger partial charge in [0.25, 0.3) is 0 Å². The molecule has 0 bridgehead atoms. The molecule has 2 aromatic carbocycles. The molecule has 0 unspecified atom stereocenters. The van der Waals surface area contributed by atoms with Gasteiger partial charge in [0.2, 0.25) is 10.0 Å². The number of sulfonamides is 1. The van der Waals surface area contributed by atoms with Crippen molar-refractivity contribution in [3.63, 3.8) is 0 Å². The van der Waals surface area contributed by atoms with E-state index in [9.17, 15) is 8.42 Å². The third-order valence-corrected chi connectivity index (χ3v) is 5.78. The molecule has 1 atom stereocenters.